The van der Waals surface area contributed by atoms with Crippen LogP contribution in [-0.2, 0) is 23.9 Å². The number of carbonyl (C=O) groups is 2. The summed E-state index contributed by atoms with van der Waals surface area (Å²) in [7, 11) is 0. The predicted molar refractivity (Wildman–Crippen MR) is 150 cm³/mol. The third kappa shape index (κ3) is 7.09. The fourth-order valence-electron chi connectivity index (χ4n) is 5.09. The number of nitrogens with one attached hydrogen (secondary N) is 1. The minimum atomic E-state index is -4.74. The summed E-state index contributed by atoms with van der Waals surface area (Å²) >= 11 is 0. The quantitative estimate of drug-likeness (QED) is 0.201. The minimum Gasteiger partial charge on any atom is -0.366 e. The highest BCUT2D eigenvalue weighted by atomic mass is 19.4. The van der Waals surface area contributed by atoms with Crippen LogP contribution in [-0.4, -0.2) is 26.6 Å². The van der Waals surface area contributed by atoms with Crippen LogP contribution in [0.2, 0.25) is 0 Å². The maximum atomic E-state index is 14.2. The first kappa shape index (κ1) is 32.2. The number of hydrogen-bond donors (Lipinski definition) is 2. The lowest BCUT2D eigenvalue weighted by Gasteiger charge is -2.22. The Morgan fingerprint density at radius 1 is 1.05 bits per heavy atom. The van der Waals surface area contributed by atoms with Gasteiger partial charge in [0, 0.05) is 29.1 Å². The van der Waals surface area contributed by atoms with Gasteiger partial charge in [0.05, 0.1) is 17.3 Å². The molecule has 2 amide bonds. The molecule has 0 aliphatic carbocycles. The maximum Gasteiger partial charge on any atom is 0.435 e. The zero-order chi connectivity index (χ0) is 32.3. The molecule has 0 bridgehead atoms. The molecule has 3 N–H and O–H groups in total. The molecular weight excluding hydrogens is 588 g/mol. The number of aromatic nitrogens is 3. The van der Waals surface area contributed by atoms with Crippen LogP contribution in [0.15, 0.2) is 54.7 Å². The fraction of sp³-hybridized carbons (Fsp3) is 0.290. The molecule has 2 heterocycles. The van der Waals surface area contributed by atoms with E-state index in [2.05, 4.69) is 15.4 Å². The van der Waals surface area contributed by atoms with Crippen LogP contribution in [0.5, 0.6) is 0 Å². The van der Waals surface area contributed by atoms with Gasteiger partial charge in [-0.15, -0.1) is 0 Å². The number of carbonyl (C=O) groups excluding carboxylic acids is 2. The van der Waals surface area contributed by atoms with Crippen molar-refractivity contribution < 1.29 is 35.9 Å². The lowest BCUT2D eigenvalue weighted by atomic mass is 9.94. The van der Waals surface area contributed by atoms with Crippen LogP contribution in [0.1, 0.15) is 70.8 Å². The third-order valence-corrected chi connectivity index (χ3v) is 7.33. The molecule has 2 aromatic carbocycles. The number of rotatable bonds is 10. The van der Waals surface area contributed by atoms with Gasteiger partial charge in [0.1, 0.15) is 24.0 Å². The maximum absolute atomic E-state index is 14.2. The Balaban J connectivity index is 1.76. The second kappa shape index (κ2) is 12.9. The summed E-state index contributed by atoms with van der Waals surface area (Å²) in [6, 6.07) is 8.49. The zero-order valence-corrected chi connectivity index (χ0v) is 24.0. The second-order valence-corrected chi connectivity index (χ2v) is 10.4. The highest BCUT2D eigenvalue weighted by molar-refractivity contribution is 5.94. The smallest absolute Gasteiger partial charge is 0.366 e. The average Bonchev–Trinajstić information content (AvgIpc) is 3.28. The first-order chi connectivity index (χ1) is 20.7. The van der Waals surface area contributed by atoms with Gasteiger partial charge in [-0.25, -0.2) is 13.2 Å². The molecule has 232 valence electrons. The van der Waals surface area contributed by atoms with Gasteiger partial charge in [-0.1, -0.05) is 26.0 Å². The van der Waals surface area contributed by atoms with E-state index in [0.717, 1.165) is 22.9 Å². The Bertz CT molecular complexity index is 1680. The molecule has 4 aromatic rings. The number of hydrogen-bond acceptors (Lipinski definition) is 4. The highest BCUT2D eigenvalue weighted by Gasteiger charge is 2.39. The van der Waals surface area contributed by atoms with E-state index in [0.29, 0.717) is 23.6 Å². The molecule has 0 aliphatic rings. The van der Waals surface area contributed by atoms with E-state index in [4.69, 9.17) is 5.73 Å². The van der Waals surface area contributed by atoms with Gasteiger partial charge in [-0.2, -0.15) is 18.3 Å². The Labute approximate surface area is 249 Å². The van der Waals surface area contributed by atoms with Crippen LogP contribution in [0.3, 0.4) is 0 Å². The van der Waals surface area contributed by atoms with Crippen molar-refractivity contribution in [2.24, 2.45) is 5.73 Å². The normalized spacial score (nSPS) is 13.0. The molecule has 0 saturated heterocycles. The van der Waals surface area contributed by atoms with Gasteiger partial charge in [-0.05, 0) is 67.1 Å². The molecule has 2 atom stereocenters. The van der Waals surface area contributed by atoms with Crippen molar-refractivity contribution in [3.8, 4) is 11.1 Å². The largest absolute Gasteiger partial charge is 0.435 e. The molecule has 0 aliphatic heterocycles. The molecule has 0 saturated carbocycles. The van der Waals surface area contributed by atoms with Gasteiger partial charge in [0.25, 0.3) is 5.91 Å². The number of halogens is 6. The van der Waals surface area contributed by atoms with E-state index < -0.39 is 65.2 Å². The Kier molecular flexibility index (Phi) is 9.45. The second-order valence-electron chi connectivity index (χ2n) is 10.4. The van der Waals surface area contributed by atoms with Crippen molar-refractivity contribution in [3.63, 3.8) is 0 Å². The first-order valence-corrected chi connectivity index (χ1v) is 13.6. The van der Waals surface area contributed by atoms with Crippen LogP contribution in [0, 0.1) is 24.4 Å². The van der Waals surface area contributed by atoms with E-state index in [1.54, 1.807) is 26.0 Å². The van der Waals surface area contributed by atoms with Gasteiger partial charge in [0.2, 0.25) is 5.91 Å². The number of nitrogens with two attached hydrogens (primary N) is 1. The number of primary amides is 1. The van der Waals surface area contributed by atoms with E-state index in [9.17, 15) is 35.9 Å². The molecule has 13 heteroatoms. The number of alkyl halides is 3. The van der Waals surface area contributed by atoms with Crippen molar-refractivity contribution in [1.82, 2.24) is 20.1 Å². The highest BCUT2D eigenvalue weighted by Crippen LogP contribution is 2.37. The van der Waals surface area contributed by atoms with E-state index in [1.165, 1.54) is 25.3 Å². The summed E-state index contributed by atoms with van der Waals surface area (Å²) in [5, 5.41) is 6.43. The summed E-state index contributed by atoms with van der Waals surface area (Å²) in [5.74, 6) is -4.82. The number of pyridine rings is 1. The third-order valence-electron chi connectivity index (χ3n) is 7.33. The number of amides is 2. The van der Waals surface area contributed by atoms with Gasteiger partial charge in [0.15, 0.2) is 5.69 Å². The summed E-state index contributed by atoms with van der Waals surface area (Å²) in [5.41, 5.74) is 4.99. The van der Waals surface area contributed by atoms with Crippen molar-refractivity contribution in [2.45, 2.75) is 58.3 Å². The van der Waals surface area contributed by atoms with Crippen molar-refractivity contribution >= 4 is 11.8 Å². The van der Waals surface area contributed by atoms with E-state index >= 15 is 0 Å². The summed E-state index contributed by atoms with van der Waals surface area (Å²) in [6.45, 7) is 4.24. The summed E-state index contributed by atoms with van der Waals surface area (Å²) < 4.78 is 84.8. The lowest BCUT2D eigenvalue weighted by Crippen LogP contribution is -2.34. The zero-order valence-electron chi connectivity index (χ0n) is 24.0. The topological polar surface area (TPSA) is 103 Å². The molecule has 0 radical (unpaired) electrons. The molecule has 0 spiro atoms. The summed E-state index contributed by atoms with van der Waals surface area (Å²) in [4.78, 5) is 29.5. The minimum absolute atomic E-state index is 0.00633. The van der Waals surface area contributed by atoms with Crippen LogP contribution >= 0.6 is 0 Å². The number of benzene rings is 2. The summed E-state index contributed by atoms with van der Waals surface area (Å²) in [6.07, 6.45) is -3.11. The molecule has 1 unspecified atom stereocenters. The molecule has 7 nitrogen and oxygen atoms in total. The van der Waals surface area contributed by atoms with Gasteiger partial charge in [-0.3, -0.25) is 19.3 Å². The first-order valence-electron chi connectivity index (χ1n) is 13.6. The molecule has 4 rings (SSSR count). The SMILES string of the molecule is CCC(C)c1c(C(F)(F)F)nn(CC(=O)N[C@@H](Cc2cc(F)cc(F)c2)c2ncccc2-c2ccc(F)c(C(N)=O)c2)c1C. The number of nitrogens with zero attached hydrogens (tertiary/aromatic N) is 3. The molecular formula is C31H29F6N5O2. The van der Waals surface area contributed by atoms with Crippen molar-refractivity contribution in [3.05, 3.63) is 106 Å². The van der Waals surface area contributed by atoms with E-state index in [1.807, 2.05) is 0 Å². The van der Waals surface area contributed by atoms with Crippen molar-refractivity contribution in [1.29, 1.82) is 0 Å². The fourth-order valence-corrected chi connectivity index (χ4v) is 5.09. The Morgan fingerprint density at radius 2 is 1.73 bits per heavy atom. The van der Waals surface area contributed by atoms with Crippen LogP contribution < -0.4 is 11.1 Å². The standard InChI is InChI=1S/C31H29F6N5O2/c1-4-16(2)27-17(3)42(41-29(27)31(35,36)37)15-26(43)40-25(12-18-10-20(32)14-21(33)11-18)28-22(6-5-9-39-28)19-7-8-24(34)23(13-19)30(38)44/h5-11,13-14,16,25H,4,12,15H2,1-3H3,(H2,38,44)(H,40,43)/t16?,25-/m0/s1. The van der Waals surface area contributed by atoms with Gasteiger partial charge < -0.3 is 11.1 Å². The Morgan fingerprint density at radius 3 is 2.34 bits per heavy atom. The molecule has 44 heavy (non-hydrogen) atoms. The van der Waals surface area contributed by atoms with Gasteiger partial charge >= 0.3 is 6.18 Å². The Hall–Kier alpha value is -4.68. The molecule has 2 aromatic heterocycles. The van der Waals surface area contributed by atoms with E-state index in [-0.39, 0.29) is 28.9 Å². The van der Waals surface area contributed by atoms with Crippen LogP contribution in [0.4, 0.5) is 26.3 Å². The average molecular weight is 618 g/mol. The molecule has 0 fully saturated rings. The van der Waals surface area contributed by atoms with Crippen LogP contribution in [0.25, 0.3) is 11.1 Å². The predicted octanol–water partition coefficient (Wildman–Crippen LogP) is 6.40. The van der Waals surface area contributed by atoms with Crippen molar-refractivity contribution in [2.75, 3.05) is 0 Å². The monoisotopic (exact) mass is 617 g/mol. The lowest BCUT2D eigenvalue weighted by molar-refractivity contribution is -0.142.